The molecule has 21 heavy (non-hydrogen) atoms. The van der Waals surface area contributed by atoms with Crippen LogP contribution in [0.3, 0.4) is 0 Å². The fraction of sp³-hybridized carbons (Fsp3) is 0.533. The summed E-state index contributed by atoms with van der Waals surface area (Å²) in [7, 11) is 2.75. The predicted molar refractivity (Wildman–Crippen MR) is 72.8 cm³/mol. The molecule has 1 fully saturated rings. The van der Waals surface area contributed by atoms with E-state index >= 15 is 0 Å². The monoisotopic (exact) mass is 297 g/mol. The van der Waals surface area contributed by atoms with Crippen molar-refractivity contribution >= 4 is 6.08 Å². The Bertz CT molecular complexity index is 562. The molecule has 0 unspecified atom stereocenters. The zero-order valence-corrected chi connectivity index (χ0v) is 12.0. The van der Waals surface area contributed by atoms with Crippen LogP contribution in [0.2, 0.25) is 0 Å². The molecule has 1 aliphatic carbocycles. The molecular formula is C15H17F2NO3. The van der Waals surface area contributed by atoms with E-state index in [-0.39, 0.29) is 11.3 Å². The molecule has 0 saturated heterocycles. The van der Waals surface area contributed by atoms with Crippen molar-refractivity contribution in [3.05, 3.63) is 23.3 Å². The van der Waals surface area contributed by atoms with Crippen molar-refractivity contribution in [2.75, 3.05) is 14.2 Å². The molecule has 0 aromatic heterocycles. The zero-order chi connectivity index (χ0) is 15.5. The van der Waals surface area contributed by atoms with Gasteiger partial charge in [0, 0.05) is 5.56 Å². The van der Waals surface area contributed by atoms with Crippen LogP contribution in [0.25, 0.3) is 0 Å². The molecule has 0 heterocycles. The van der Waals surface area contributed by atoms with Crippen molar-refractivity contribution in [1.29, 1.82) is 0 Å². The number of alkyl halides is 2. The molecule has 114 valence electrons. The van der Waals surface area contributed by atoms with Gasteiger partial charge in [-0.25, -0.2) is 13.6 Å². The van der Waals surface area contributed by atoms with E-state index in [2.05, 4.69) is 4.99 Å². The number of ether oxygens (including phenoxy) is 2. The van der Waals surface area contributed by atoms with Gasteiger partial charge in [0.05, 0.1) is 19.8 Å². The lowest BCUT2D eigenvalue weighted by atomic mass is 9.87. The summed E-state index contributed by atoms with van der Waals surface area (Å²) in [5.74, 6) is 0.375. The Morgan fingerprint density at radius 3 is 2.29 bits per heavy atom. The van der Waals surface area contributed by atoms with Crippen LogP contribution < -0.4 is 9.47 Å². The molecule has 4 nitrogen and oxygen atoms in total. The van der Waals surface area contributed by atoms with Crippen molar-refractivity contribution in [1.82, 2.24) is 0 Å². The molecule has 1 aromatic rings. The summed E-state index contributed by atoms with van der Waals surface area (Å²) in [6.45, 7) is 0. The molecule has 0 amide bonds. The molecule has 6 heteroatoms. The highest BCUT2D eigenvalue weighted by molar-refractivity contribution is 5.52. The third-order valence-electron chi connectivity index (χ3n) is 3.98. The Balaban J connectivity index is 2.64. The predicted octanol–water partition coefficient (Wildman–Crippen LogP) is 3.75. The molecule has 2 rings (SSSR count). The fourth-order valence-corrected chi connectivity index (χ4v) is 2.94. The second-order valence-corrected chi connectivity index (χ2v) is 5.04. The molecule has 1 aliphatic rings. The zero-order valence-electron chi connectivity index (χ0n) is 12.0. The average Bonchev–Trinajstić information content (AvgIpc) is 2.95. The third-order valence-corrected chi connectivity index (χ3v) is 3.98. The molecule has 0 bridgehead atoms. The van der Waals surface area contributed by atoms with Gasteiger partial charge < -0.3 is 9.47 Å². The molecule has 0 radical (unpaired) electrons. The SMILES string of the molecule is COc1cc(C2(N=C=O)CCCC2)c(OC)cc1C(F)F. The van der Waals surface area contributed by atoms with E-state index in [9.17, 15) is 13.6 Å². The Morgan fingerprint density at radius 2 is 1.81 bits per heavy atom. The molecule has 0 atom stereocenters. The molecule has 0 aliphatic heterocycles. The topological polar surface area (TPSA) is 47.9 Å². The van der Waals surface area contributed by atoms with Crippen molar-refractivity contribution in [3.63, 3.8) is 0 Å². The van der Waals surface area contributed by atoms with Gasteiger partial charge in [-0.1, -0.05) is 12.8 Å². The van der Waals surface area contributed by atoms with Crippen LogP contribution in [0.1, 0.15) is 43.2 Å². The first-order valence-corrected chi connectivity index (χ1v) is 6.71. The highest BCUT2D eigenvalue weighted by Crippen LogP contribution is 2.48. The van der Waals surface area contributed by atoms with E-state index in [1.807, 2.05) is 0 Å². The minimum absolute atomic E-state index is 0.0770. The quantitative estimate of drug-likeness (QED) is 0.614. The van der Waals surface area contributed by atoms with Crippen molar-refractivity contribution in [3.8, 4) is 11.5 Å². The average molecular weight is 297 g/mol. The second-order valence-electron chi connectivity index (χ2n) is 5.04. The van der Waals surface area contributed by atoms with E-state index in [0.717, 1.165) is 12.8 Å². The third kappa shape index (κ3) is 2.76. The number of nitrogens with zero attached hydrogens (tertiary/aromatic N) is 1. The molecular weight excluding hydrogens is 280 g/mol. The van der Waals surface area contributed by atoms with Gasteiger partial charge in [-0.2, -0.15) is 4.99 Å². The number of isocyanates is 1. The van der Waals surface area contributed by atoms with Gasteiger partial charge >= 0.3 is 0 Å². The summed E-state index contributed by atoms with van der Waals surface area (Å²) in [5.41, 5.74) is -0.380. The lowest BCUT2D eigenvalue weighted by Crippen LogP contribution is -2.20. The summed E-state index contributed by atoms with van der Waals surface area (Å²) in [6, 6.07) is 2.77. The number of benzene rings is 1. The second kappa shape index (κ2) is 6.22. The molecule has 0 spiro atoms. The molecule has 1 saturated carbocycles. The van der Waals surface area contributed by atoms with Crippen LogP contribution in [0.4, 0.5) is 8.78 Å². The van der Waals surface area contributed by atoms with Gasteiger partial charge in [0.1, 0.15) is 17.0 Å². The molecule has 0 N–H and O–H groups in total. The van der Waals surface area contributed by atoms with Gasteiger partial charge in [0.25, 0.3) is 6.43 Å². The van der Waals surface area contributed by atoms with E-state index in [1.165, 1.54) is 26.4 Å². The summed E-state index contributed by atoms with van der Waals surface area (Å²) >= 11 is 0. The van der Waals surface area contributed by atoms with Gasteiger partial charge in [0.2, 0.25) is 6.08 Å². The normalized spacial score (nSPS) is 16.6. The standard InChI is InChI=1S/C15H17F2NO3/c1-20-12-8-11(13(21-2)7-10(12)14(16)17)15(18-9-19)5-3-4-6-15/h7-8,14H,3-6H2,1-2H3. The lowest BCUT2D eigenvalue weighted by Gasteiger charge is -2.26. The number of hydrogen-bond donors (Lipinski definition) is 0. The molecule has 1 aromatic carbocycles. The summed E-state index contributed by atoms with van der Waals surface area (Å²) in [6.07, 6.45) is 2.08. The van der Waals surface area contributed by atoms with Gasteiger partial charge in [0.15, 0.2) is 0 Å². The van der Waals surface area contributed by atoms with Gasteiger partial charge in [-0.05, 0) is 25.0 Å². The Morgan fingerprint density at radius 1 is 1.19 bits per heavy atom. The minimum atomic E-state index is -2.67. The Labute approximate surface area is 121 Å². The lowest BCUT2D eigenvalue weighted by molar-refractivity contribution is 0.146. The van der Waals surface area contributed by atoms with Crippen LogP contribution in [-0.4, -0.2) is 20.3 Å². The minimum Gasteiger partial charge on any atom is -0.496 e. The van der Waals surface area contributed by atoms with E-state index in [4.69, 9.17) is 9.47 Å². The summed E-state index contributed by atoms with van der Waals surface area (Å²) in [4.78, 5) is 14.7. The summed E-state index contributed by atoms with van der Waals surface area (Å²) < 4.78 is 36.4. The van der Waals surface area contributed by atoms with Crippen molar-refractivity contribution in [2.45, 2.75) is 37.6 Å². The Kier molecular flexibility index (Phi) is 4.58. The number of halogens is 2. The van der Waals surface area contributed by atoms with Gasteiger partial charge in [-0.15, -0.1) is 0 Å². The van der Waals surface area contributed by atoms with Crippen LogP contribution in [0, 0.1) is 0 Å². The first-order chi connectivity index (χ1) is 10.1. The van der Waals surface area contributed by atoms with E-state index in [1.54, 1.807) is 6.08 Å². The highest BCUT2D eigenvalue weighted by atomic mass is 19.3. The smallest absolute Gasteiger partial charge is 0.267 e. The van der Waals surface area contributed by atoms with Crippen LogP contribution in [-0.2, 0) is 10.3 Å². The highest BCUT2D eigenvalue weighted by Gasteiger charge is 2.39. The number of aliphatic imine (C=N–C) groups is 1. The fourth-order valence-electron chi connectivity index (χ4n) is 2.94. The van der Waals surface area contributed by atoms with E-state index < -0.39 is 12.0 Å². The van der Waals surface area contributed by atoms with Crippen LogP contribution in [0.15, 0.2) is 17.1 Å². The number of hydrogen-bond acceptors (Lipinski definition) is 4. The van der Waals surface area contributed by atoms with Crippen LogP contribution >= 0.6 is 0 Å². The Hall–Kier alpha value is -1.94. The first-order valence-electron chi connectivity index (χ1n) is 6.71. The first kappa shape index (κ1) is 15.4. The maximum absolute atomic E-state index is 13.1. The number of methoxy groups -OCH3 is 2. The largest absolute Gasteiger partial charge is 0.496 e. The number of rotatable bonds is 5. The maximum atomic E-state index is 13.1. The van der Waals surface area contributed by atoms with Crippen molar-refractivity contribution < 1.29 is 23.0 Å². The van der Waals surface area contributed by atoms with E-state index in [0.29, 0.717) is 24.2 Å². The van der Waals surface area contributed by atoms with Gasteiger partial charge in [-0.3, -0.25) is 0 Å². The maximum Gasteiger partial charge on any atom is 0.267 e. The van der Waals surface area contributed by atoms with Crippen LogP contribution in [0.5, 0.6) is 11.5 Å². The summed E-state index contributed by atoms with van der Waals surface area (Å²) in [5, 5.41) is 0. The number of carbonyl (C=O) groups excluding carboxylic acids is 1. The van der Waals surface area contributed by atoms with Crippen molar-refractivity contribution in [2.24, 2.45) is 4.99 Å².